The first kappa shape index (κ1) is 11.5. The van der Waals surface area contributed by atoms with Gasteiger partial charge in [0.05, 0.1) is 11.7 Å². The van der Waals surface area contributed by atoms with Gasteiger partial charge in [-0.1, -0.05) is 18.2 Å². The van der Waals surface area contributed by atoms with E-state index in [9.17, 15) is 0 Å². The summed E-state index contributed by atoms with van der Waals surface area (Å²) in [5.74, 6) is 1.46. The van der Waals surface area contributed by atoms with Crippen molar-refractivity contribution in [3.63, 3.8) is 0 Å². The molecule has 96 valence electrons. The average molecular weight is 253 g/mol. The minimum atomic E-state index is 0.589. The molecule has 0 saturated heterocycles. The van der Waals surface area contributed by atoms with Gasteiger partial charge in [0.1, 0.15) is 11.6 Å². The quantitative estimate of drug-likeness (QED) is 0.670. The van der Waals surface area contributed by atoms with Crippen LogP contribution in [0.1, 0.15) is 11.1 Å². The van der Waals surface area contributed by atoms with Gasteiger partial charge in [-0.15, -0.1) is 0 Å². The Balaban J connectivity index is 1.88. The van der Waals surface area contributed by atoms with Crippen LogP contribution in [0.5, 0.6) is 0 Å². The highest BCUT2D eigenvalue weighted by molar-refractivity contribution is 5.81. The van der Waals surface area contributed by atoms with Crippen LogP contribution in [0.25, 0.3) is 10.9 Å². The summed E-state index contributed by atoms with van der Waals surface area (Å²) in [6, 6.07) is 10.2. The van der Waals surface area contributed by atoms with E-state index in [2.05, 4.69) is 32.6 Å². The first-order valence-corrected chi connectivity index (χ1v) is 6.12. The summed E-state index contributed by atoms with van der Waals surface area (Å²) < 4.78 is 0. The minimum absolute atomic E-state index is 0.589. The fraction of sp³-hybridized carbons (Fsp3) is 0.143. The van der Waals surface area contributed by atoms with Crippen LogP contribution in [-0.2, 0) is 6.54 Å². The molecule has 2 heterocycles. The molecule has 5 nitrogen and oxygen atoms in total. The highest BCUT2D eigenvalue weighted by atomic mass is 15.1. The number of nitrogens with zero attached hydrogens (tertiary/aromatic N) is 2. The van der Waals surface area contributed by atoms with E-state index in [1.54, 1.807) is 6.20 Å². The van der Waals surface area contributed by atoms with E-state index in [-0.39, 0.29) is 0 Å². The fourth-order valence-electron chi connectivity index (χ4n) is 2.04. The maximum absolute atomic E-state index is 5.75. The van der Waals surface area contributed by atoms with E-state index in [1.165, 1.54) is 0 Å². The molecule has 0 aliphatic heterocycles. The molecule has 0 unspecified atom stereocenters. The average Bonchev–Trinajstić information content (AvgIpc) is 2.82. The fourth-order valence-corrected chi connectivity index (χ4v) is 2.04. The zero-order valence-corrected chi connectivity index (χ0v) is 10.6. The number of aromatic nitrogens is 3. The number of rotatable bonds is 3. The number of nitrogens with one attached hydrogen (secondary N) is 2. The summed E-state index contributed by atoms with van der Waals surface area (Å²) in [7, 11) is 0. The molecular formula is C14H15N5. The van der Waals surface area contributed by atoms with Crippen molar-refractivity contribution in [2.75, 3.05) is 11.1 Å². The van der Waals surface area contributed by atoms with Crippen molar-refractivity contribution < 1.29 is 0 Å². The largest absolute Gasteiger partial charge is 0.384 e. The number of fused-ring (bicyclic) bond motifs is 1. The number of pyridine rings is 1. The van der Waals surface area contributed by atoms with Crippen LogP contribution in [0, 0.1) is 6.92 Å². The van der Waals surface area contributed by atoms with Crippen molar-refractivity contribution in [3.8, 4) is 0 Å². The van der Waals surface area contributed by atoms with Gasteiger partial charge in [-0.3, -0.25) is 5.10 Å². The topological polar surface area (TPSA) is 79.6 Å². The number of para-hydroxylation sites is 1. The molecule has 0 bridgehead atoms. The number of H-pyrrole nitrogens is 1. The van der Waals surface area contributed by atoms with Gasteiger partial charge in [0, 0.05) is 17.5 Å². The monoisotopic (exact) mass is 253 g/mol. The van der Waals surface area contributed by atoms with Crippen molar-refractivity contribution in [1.82, 2.24) is 15.2 Å². The van der Waals surface area contributed by atoms with Gasteiger partial charge in [-0.25, -0.2) is 4.98 Å². The lowest BCUT2D eigenvalue weighted by Crippen LogP contribution is -2.04. The Hall–Kier alpha value is -2.56. The van der Waals surface area contributed by atoms with Crippen molar-refractivity contribution in [3.05, 3.63) is 47.7 Å². The second-order valence-corrected chi connectivity index (χ2v) is 4.51. The zero-order valence-electron chi connectivity index (χ0n) is 10.6. The van der Waals surface area contributed by atoms with Crippen LogP contribution in [0.2, 0.25) is 0 Å². The Morgan fingerprint density at radius 2 is 2.16 bits per heavy atom. The van der Waals surface area contributed by atoms with E-state index >= 15 is 0 Å². The Bertz CT molecular complexity index is 717. The van der Waals surface area contributed by atoms with Gasteiger partial charge in [0.25, 0.3) is 0 Å². The van der Waals surface area contributed by atoms with Crippen molar-refractivity contribution >= 4 is 22.5 Å². The number of nitrogens with two attached hydrogens (primary N) is 1. The molecule has 1 aromatic carbocycles. The molecule has 5 heteroatoms. The predicted octanol–water partition coefficient (Wildman–Crippen LogP) is 2.46. The molecule has 19 heavy (non-hydrogen) atoms. The van der Waals surface area contributed by atoms with Crippen LogP contribution in [-0.4, -0.2) is 15.2 Å². The molecular weight excluding hydrogens is 238 g/mol. The summed E-state index contributed by atoms with van der Waals surface area (Å²) in [4.78, 5) is 4.62. The third-order valence-corrected chi connectivity index (χ3v) is 3.11. The van der Waals surface area contributed by atoms with Gasteiger partial charge in [0.2, 0.25) is 0 Å². The summed E-state index contributed by atoms with van der Waals surface area (Å²) in [6.07, 6.45) is 1.72. The smallest absolute Gasteiger partial charge is 0.129 e. The van der Waals surface area contributed by atoms with E-state index in [0.717, 1.165) is 27.8 Å². The van der Waals surface area contributed by atoms with Crippen molar-refractivity contribution in [2.45, 2.75) is 13.5 Å². The first-order valence-electron chi connectivity index (χ1n) is 6.12. The van der Waals surface area contributed by atoms with Crippen molar-refractivity contribution in [1.29, 1.82) is 0 Å². The van der Waals surface area contributed by atoms with E-state index in [4.69, 9.17) is 5.73 Å². The maximum Gasteiger partial charge on any atom is 0.129 e. The lowest BCUT2D eigenvalue weighted by molar-refractivity contribution is 1.10. The number of hydrogen-bond acceptors (Lipinski definition) is 4. The first-order chi connectivity index (χ1) is 9.24. The summed E-state index contributed by atoms with van der Waals surface area (Å²) >= 11 is 0. The molecule has 0 amide bonds. The van der Waals surface area contributed by atoms with Gasteiger partial charge >= 0.3 is 0 Å². The van der Waals surface area contributed by atoms with Crippen LogP contribution in [0.3, 0.4) is 0 Å². The Morgan fingerprint density at radius 3 is 2.95 bits per heavy atom. The van der Waals surface area contributed by atoms with Crippen LogP contribution in [0.15, 0.2) is 36.5 Å². The molecule has 2 aromatic heterocycles. The van der Waals surface area contributed by atoms with E-state index in [1.807, 2.05) is 25.1 Å². The Labute approximate surface area is 110 Å². The highest BCUT2D eigenvalue weighted by Crippen LogP contribution is 2.20. The summed E-state index contributed by atoms with van der Waals surface area (Å²) in [5.41, 5.74) is 8.79. The van der Waals surface area contributed by atoms with Crippen LogP contribution in [0.4, 0.5) is 11.6 Å². The third kappa shape index (κ3) is 2.22. The molecule has 0 radical (unpaired) electrons. The van der Waals surface area contributed by atoms with E-state index in [0.29, 0.717) is 12.4 Å². The van der Waals surface area contributed by atoms with Gasteiger partial charge in [0.15, 0.2) is 0 Å². The predicted molar refractivity (Wildman–Crippen MR) is 76.8 cm³/mol. The Kier molecular flexibility index (Phi) is 2.79. The Morgan fingerprint density at radius 1 is 1.32 bits per heavy atom. The van der Waals surface area contributed by atoms with Gasteiger partial charge in [-0.2, -0.15) is 5.10 Å². The lowest BCUT2D eigenvalue weighted by Gasteiger charge is -2.09. The molecule has 0 saturated carbocycles. The second kappa shape index (κ2) is 4.61. The minimum Gasteiger partial charge on any atom is -0.384 e. The van der Waals surface area contributed by atoms with Crippen LogP contribution >= 0.6 is 0 Å². The lowest BCUT2D eigenvalue weighted by atomic mass is 10.1. The zero-order chi connectivity index (χ0) is 13.2. The summed E-state index contributed by atoms with van der Waals surface area (Å²) in [6.45, 7) is 2.65. The third-order valence-electron chi connectivity index (χ3n) is 3.11. The molecule has 3 aromatic rings. The SMILES string of the molecule is Cc1cc2ccccc2nc1NCc1cn[nH]c1N. The number of hydrogen-bond donors (Lipinski definition) is 3. The molecule has 0 fully saturated rings. The molecule has 4 N–H and O–H groups in total. The molecule has 0 aliphatic carbocycles. The van der Waals surface area contributed by atoms with Crippen LogP contribution < -0.4 is 11.1 Å². The molecule has 3 rings (SSSR count). The molecule has 0 spiro atoms. The summed E-state index contributed by atoms with van der Waals surface area (Å²) in [5, 5.41) is 11.1. The number of aryl methyl sites for hydroxylation is 1. The van der Waals surface area contributed by atoms with Gasteiger partial charge in [-0.05, 0) is 24.6 Å². The standard InChI is InChI=1S/C14H15N5/c1-9-6-10-4-2-3-5-12(10)18-14(9)16-7-11-8-17-19-13(11)15/h2-6,8H,7H2,1H3,(H,16,18)(H3,15,17,19). The van der Waals surface area contributed by atoms with Crippen molar-refractivity contribution in [2.24, 2.45) is 0 Å². The second-order valence-electron chi connectivity index (χ2n) is 4.51. The maximum atomic E-state index is 5.75. The number of anilines is 2. The normalized spacial score (nSPS) is 10.8. The molecule has 0 aliphatic rings. The van der Waals surface area contributed by atoms with E-state index < -0.39 is 0 Å². The van der Waals surface area contributed by atoms with Gasteiger partial charge < -0.3 is 11.1 Å². The highest BCUT2D eigenvalue weighted by Gasteiger charge is 2.05. The number of aromatic amines is 1. The molecule has 0 atom stereocenters. The number of benzene rings is 1. The number of nitrogen functional groups attached to an aromatic ring is 1.